The molecule has 0 saturated carbocycles. The number of aliphatic hydroxyl groups is 1. The topological polar surface area (TPSA) is 74.6 Å². The van der Waals surface area contributed by atoms with Gasteiger partial charge in [0, 0.05) is 0 Å². The molecule has 2 N–H and O–H groups in total. The third-order valence-corrected chi connectivity index (χ3v) is 2.48. The van der Waals surface area contributed by atoms with Crippen molar-refractivity contribution in [2.75, 3.05) is 0 Å². The largest absolute Gasteiger partial charge is 0.481 e. The summed E-state index contributed by atoms with van der Waals surface area (Å²) in [4.78, 5) is 21.8. The number of Topliss-reactive ketones (excluding diaryl/α,β-unsaturated/α-hetero) is 1. The molecular weight excluding hydrogens is 208 g/mol. The number of rotatable bonds is 4. The molecule has 0 fully saturated rings. The van der Waals surface area contributed by atoms with Gasteiger partial charge in [-0.2, -0.15) is 0 Å². The van der Waals surface area contributed by atoms with Crippen molar-refractivity contribution in [2.45, 2.75) is 25.9 Å². The first kappa shape index (κ1) is 12.4. The van der Waals surface area contributed by atoms with E-state index < -0.39 is 18.0 Å². The molecule has 0 bridgehead atoms. The second kappa shape index (κ2) is 4.90. The molecule has 86 valence electrons. The van der Waals surface area contributed by atoms with E-state index in [1.54, 1.807) is 31.2 Å². The van der Waals surface area contributed by atoms with Crippen LogP contribution in [0.5, 0.6) is 0 Å². The summed E-state index contributed by atoms with van der Waals surface area (Å²) in [5.41, 5.74) is 1.00. The highest BCUT2D eigenvalue weighted by Crippen LogP contribution is 2.21. The Kier molecular flexibility index (Phi) is 3.79. The first-order valence-corrected chi connectivity index (χ1v) is 4.94. The van der Waals surface area contributed by atoms with E-state index in [1.807, 2.05) is 0 Å². The number of hydrogen-bond donors (Lipinski definition) is 2. The summed E-state index contributed by atoms with van der Waals surface area (Å²) in [5.74, 6) is -1.95. The van der Waals surface area contributed by atoms with Crippen LogP contribution in [-0.4, -0.2) is 22.0 Å². The minimum absolute atomic E-state index is 0.361. The summed E-state index contributed by atoms with van der Waals surface area (Å²) in [6.07, 6.45) is -1.18. The van der Waals surface area contributed by atoms with Crippen LogP contribution in [0.25, 0.3) is 0 Å². The van der Waals surface area contributed by atoms with Crippen molar-refractivity contribution in [3.63, 3.8) is 0 Å². The molecule has 0 radical (unpaired) electrons. The van der Waals surface area contributed by atoms with E-state index in [0.29, 0.717) is 11.1 Å². The molecule has 0 aliphatic rings. The first-order chi connectivity index (χ1) is 7.43. The molecule has 2 atom stereocenters. The number of carboxylic acids is 1. The van der Waals surface area contributed by atoms with Gasteiger partial charge in [-0.05, 0) is 25.0 Å². The van der Waals surface area contributed by atoms with Crippen LogP contribution < -0.4 is 0 Å². The van der Waals surface area contributed by atoms with Gasteiger partial charge in [-0.25, -0.2) is 0 Å². The Bertz CT molecular complexity index is 376. The molecule has 0 aromatic heterocycles. The van der Waals surface area contributed by atoms with E-state index in [9.17, 15) is 14.7 Å². The SMILES string of the molecule is CC(=O)C(O)c1cccc(C(C)C(=O)O)c1. The standard InChI is InChI=1S/C12H14O4/c1-7(12(15)16)9-4-3-5-10(6-9)11(14)8(2)13/h3-7,11,14H,1-2H3,(H,15,16). The van der Waals surface area contributed by atoms with Gasteiger partial charge in [0.25, 0.3) is 0 Å². The van der Waals surface area contributed by atoms with Gasteiger partial charge in [0.2, 0.25) is 0 Å². The molecule has 1 rings (SSSR count). The summed E-state index contributed by atoms with van der Waals surface area (Å²) in [5, 5.41) is 18.4. The van der Waals surface area contributed by atoms with Gasteiger partial charge in [0.05, 0.1) is 5.92 Å². The number of benzene rings is 1. The van der Waals surface area contributed by atoms with Crippen LogP contribution in [0, 0.1) is 0 Å². The molecule has 0 spiro atoms. The fourth-order valence-electron chi connectivity index (χ4n) is 1.38. The molecule has 0 aliphatic carbocycles. The predicted molar refractivity (Wildman–Crippen MR) is 58.1 cm³/mol. The monoisotopic (exact) mass is 222 g/mol. The maximum absolute atomic E-state index is 11.0. The van der Waals surface area contributed by atoms with Crippen molar-refractivity contribution in [1.29, 1.82) is 0 Å². The van der Waals surface area contributed by atoms with Crippen LogP contribution in [0.1, 0.15) is 37.0 Å². The molecule has 0 saturated heterocycles. The minimum atomic E-state index is -1.18. The van der Waals surface area contributed by atoms with Crippen LogP contribution >= 0.6 is 0 Å². The lowest BCUT2D eigenvalue weighted by atomic mass is 9.96. The van der Waals surface area contributed by atoms with Crippen molar-refractivity contribution in [3.8, 4) is 0 Å². The van der Waals surface area contributed by atoms with Crippen LogP contribution in [0.3, 0.4) is 0 Å². The Morgan fingerprint density at radius 3 is 2.31 bits per heavy atom. The zero-order valence-electron chi connectivity index (χ0n) is 9.18. The Morgan fingerprint density at radius 1 is 1.25 bits per heavy atom. The van der Waals surface area contributed by atoms with Crippen LogP contribution in [0.15, 0.2) is 24.3 Å². The van der Waals surface area contributed by atoms with Gasteiger partial charge < -0.3 is 10.2 Å². The molecule has 2 unspecified atom stereocenters. The summed E-state index contributed by atoms with van der Waals surface area (Å²) in [6, 6.07) is 6.44. The highest BCUT2D eigenvalue weighted by molar-refractivity contribution is 5.82. The average molecular weight is 222 g/mol. The van der Waals surface area contributed by atoms with Gasteiger partial charge in [0.1, 0.15) is 6.10 Å². The van der Waals surface area contributed by atoms with E-state index in [-0.39, 0.29) is 5.78 Å². The maximum Gasteiger partial charge on any atom is 0.310 e. The quantitative estimate of drug-likeness (QED) is 0.809. The van der Waals surface area contributed by atoms with Crippen molar-refractivity contribution >= 4 is 11.8 Å². The van der Waals surface area contributed by atoms with Crippen molar-refractivity contribution in [3.05, 3.63) is 35.4 Å². The molecular formula is C12H14O4. The molecule has 0 aliphatic heterocycles. The number of carbonyl (C=O) groups is 2. The molecule has 4 heteroatoms. The number of ketones is 1. The molecule has 16 heavy (non-hydrogen) atoms. The van der Waals surface area contributed by atoms with Crippen LogP contribution in [0.2, 0.25) is 0 Å². The molecule has 1 aromatic carbocycles. The normalized spacial score (nSPS) is 14.2. The second-order valence-electron chi connectivity index (χ2n) is 3.74. The van der Waals surface area contributed by atoms with Gasteiger partial charge in [0.15, 0.2) is 5.78 Å². The maximum atomic E-state index is 11.0. The number of aliphatic hydroxyl groups excluding tert-OH is 1. The third-order valence-electron chi connectivity index (χ3n) is 2.48. The number of carbonyl (C=O) groups excluding carboxylic acids is 1. The Labute approximate surface area is 93.5 Å². The highest BCUT2D eigenvalue weighted by atomic mass is 16.4. The van der Waals surface area contributed by atoms with E-state index in [2.05, 4.69) is 0 Å². The summed E-state index contributed by atoms with van der Waals surface area (Å²) in [6.45, 7) is 2.85. The predicted octanol–water partition coefficient (Wildman–Crippen LogP) is 1.50. The lowest BCUT2D eigenvalue weighted by Crippen LogP contribution is -2.11. The zero-order chi connectivity index (χ0) is 12.3. The Balaban J connectivity index is 3.04. The lowest BCUT2D eigenvalue weighted by molar-refractivity contribution is -0.138. The van der Waals surface area contributed by atoms with Gasteiger partial charge in [-0.15, -0.1) is 0 Å². The lowest BCUT2D eigenvalue weighted by Gasteiger charge is -2.11. The van der Waals surface area contributed by atoms with Gasteiger partial charge in [-0.3, -0.25) is 9.59 Å². The molecule has 4 nitrogen and oxygen atoms in total. The van der Waals surface area contributed by atoms with Crippen molar-refractivity contribution in [1.82, 2.24) is 0 Å². The number of carboxylic acid groups (broad SMARTS) is 1. The number of aliphatic carboxylic acids is 1. The molecule has 1 aromatic rings. The Morgan fingerprint density at radius 2 is 1.81 bits per heavy atom. The smallest absolute Gasteiger partial charge is 0.310 e. The van der Waals surface area contributed by atoms with E-state index in [4.69, 9.17) is 5.11 Å². The van der Waals surface area contributed by atoms with Crippen molar-refractivity contribution in [2.24, 2.45) is 0 Å². The fourth-order valence-corrected chi connectivity index (χ4v) is 1.38. The summed E-state index contributed by atoms with van der Waals surface area (Å²) >= 11 is 0. The van der Waals surface area contributed by atoms with Gasteiger partial charge >= 0.3 is 5.97 Å². The summed E-state index contributed by atoms with van der Waals surface area (Å²) in [7, 11) is 0. The van der Waals surface area contributed by atoms with Crippen LogP contribution in [-0.2, 0) is 9.59 Å². The molecule has 0 heterocycles. The fraction of sp³-hybridized carbons (Fsp3) is 0.333. The average Bonchev–Trinajstić information content (AvgIpc) is 2.26. The molecule has 0 amide bonds. The third kappa shape index (κ3) is 2.67. The van der Waals surface area contributed by atoms with Crippen molar-refractivity contribution < 1.29 is 19.8 Å². The summed E-state index contributed by atoms with van der Waals surface area (Å²) < 4.78 is 0. The van der Waals surface area contributed by atoms with Crippen LogP contribution in [0.4, 0.5) is 0 Å². The highest BCUT2D eigenvalue weighted by Gasteiger charge is 2.17. The number of hydrogen-bond acceptors (Lipinski definition) is 3. The second-order valence-corrected chi connectivity index (χ2v) is 3.74. The minimum Gasteiger partial charge on any atom is -0.481 e. The Hall–Kier alpha value is -1.68. The zero-order valence-corrected chi connectivity index (χ0v) is 9.18. The van der Waals surface area contributed by atoms with E-state index >= 15 is 0 Å². The van der Waals surface area contributed by atoms with E-state index in [1.165, 1.54) is 6.92 Å². The van der Waals surface area contributed by atoms with E-state index in [0.717, 1.165) is 0 Å². The first-order valence-electron chi connectivity index (χ1n) is 4.94. The van der Waals surface area contributed by atoms with Gasteiger partial charge in [-0.1, -0.05) is 24.3 Å².